The van der Waals surface area contributed by atoms with Crippen LogP contribution >= 0.6 is 11.6 Å². The van der Waals surface area contributed by atoms with Gasteiger partial charge in [-0.3, -0.25) is 4.79 Å². The van der Waals surface area contributed by atoms with Gasteiger partial charge in [0.05, 0.1) is 0 Å². The number of hydrogen-bond acceptors (Lipinski definition) is 3. The van der Waals surface area contributed by atoms with Crippen LogP contribution in [0.3, 0.4) is 0 Å². The Bertz CT molecular complexity index is 448. The maximum Gasteiger partial charge on any atom is 0.327 e. The number of aliphatic carboxylic acids is 1. The molecular formula is C13H17ClN2O3. The lowest BCUT2D eigenvalue weighted by molar-refractivity contribution is -0.141. The summed E-state index contributed by atoms with van der Waals surface area (Å²) < 4.78 is 0. The minimum absolute atomic E-state index is 0.0344. The average Bonchev–Trinajstić information content (AvgIpc) is 2.34. The highest BCUT2D eigenvalue weighted by Gasteiger charge is 2.19. The van der Waals surface area contributed by atoms with Gasteiger partial charge in [-0.05, 0) is 24.6 Å². The van der Waals surface area contributed by atoms with Gasteiger partial charge in [-0.2, -0.15) is 0 Å². The predicted octanol–water partition coefficient (Wildman–Crippen LogP) is 1.58. The van der Waals surface area contributed by atoms with E-state index in [2.05, 4.69) is 10.6 Å². The molecule has 0 saturated heterocycles. The van der Waals surface area contributed by atoms with Crippen LogP contribution in [-0.2, 0) is 9.59 Å². The Morgan fingerprint density at radius 1 is 1.32 bits per heavy atom. The standard InChI is InChI=1S/C13H17ClN2O3/c1-8(10-3-5-11(14)6-4-10)15-7-12(13(18)19)16-9(2)17/h3-6,8,12,15H,7H2,1-2H3,(H,16,17)(H,18,19)/t8-,12?/m1/s1. The molecule has 0 saturated carbocycles. The molecule has 0 bridgehead atoms. The molecule has 1 aromatic rings. The van der Waals surface area contributed by atoms with Crippen LogP contribution in [0, 0.1) is 0 Å². The van der Waals surface area contributed by atoms with Crippen LogP contribution in [0.5, 0.6) is 0 Å². The maximum absolute atomic E-state index is 11.0. The van der Waals surface area contributed by atoms with Crippen LogP contribution < -0.4 is 10.6 Å². The van der Waals surface area contributed by atoms with Crippen LogP contribution in [0.4, 0.5) is 0 Å². The number of carbonyl (C=O) groups is 2. The van der Waals surface area contributed by atoms with Crippen molar-refractivity contribution in [1.29, 1.82) is 0 Å². The van der Waals surface area contributed by atoms with E-state index in [9.17, 15) is 9.59 Å². The lowest BCUT2D eigenvalue weighted by Gasteiger charge is -2.18. The molecule has 2 atom stereocenters. The molecule has 1 amide bonds. The zero-order valence-electron chi connectivity index (χ0n) is 10.8. The lowest BCUT2D eigenvalue weighted by atomic mass is 10.1. The molecule has 0 heterocycles. The van der Waals surface area contributed by atoms with E-state index in [1.165, 1.54) is 6.92 Å². The summed E-state index contributed by atoms with van der Waals surface area (Å²) >= 11 is 5.80. The normalized spacial score (nSPS) is 13.6. The van der Waals surface area contributed by atoms with Gasteiger partial charge in [0, 0.05) is 24.5 Å². The van der Waals surface area contributed by atoms with E-state index in [0.717, 1.165) is 5.56 Å². The van der Waals surface area contributed by atoms with Crippen molar-refractivity contribution in [3.8, 4) is 0 Å². The van der Waals surface area contributed by atoms with E-state index in [-0.39, 0.29) is 18.5 Å². The summed E-state index contributed by atoms with van der Waals surface area (Å²) in [4.78, 5) is 21.9. The number of amides is 1. The van der Waals surface area contributed by atoms with Gasteiger partial charge in [-0.1, -0.05) is 23.7 Å². The first-order valence-electron chi connectivity index (χ1n) is 5.89. The fourth-order valence-electron chi connectivity index (χ4n) is 1.61. The van der Waals surface area contributed by atoms with Crippen molar-refractivity contribution >= 4 is 23.5 Å². The zero-order valence-corrected chi connectivity index (χ0v) is 11.6. The topological polar surface area (TPSA) is 78.4 Å². The van der Waals surface area contributed by atoms with Crippen molar-refractivity contribution in [2.45, 2.75) is 25.9 Å². The number of hydrogen-bond donors (Lipinski definition) is 3. The van der Waals surface area contributed by atoms with E-state index >= 15 is 0 Å². The molecule has 0 fully saturated rings. The van der Waals surface area contributed by atoms with E-state index in [1.54, 1.807) is 12.1 Å². The van der Waals surface area contributed by atoms with E-state index < -0.39 is 12.0 Å². The summed E-state index contributed by atoms with van der Waals surface area (Å²) in [6.45, 7) is 3.35. The smallest absolute Gasteiger partial charge is 0.327 e. The molecule has 6 heteroatoms. The van der Waals surface area contributed by atoms with Crippen LogP contribution in [0.25, 0.3) is 0 Å². The van der Waals surface area contributed by atoms with Crippen molar-refractivity contribution in [3.63, 3.8) is 0 Å². The summed E-state index contributed by atoms with van der Waals surface area (Å²) in [5.74, 6) is -1.43. The molecule has 104 valence electrons. The van der Waals surface area contributed by atoms with Crippen molar-refractivity contribution in [3.05, 3.63) is 34.9 Å². The van der Waals surface area contributed by atoms with E-state index in [4.69, 9.17) is 16.7 Å². The fourth-order valence-corrected chi connectivity index (χ4v) is 1.74. The van der Waals surface area contributed by atoms with Crippen molar-refractivity contribution in [1.82, 2.24) is 10.6 Å². The van der Waals surface area contributed by atoms with Gasteiger partial charge in [0.25, 0.3) is 0 Å². The number of halogens is 1. The first-order chi connectivity index (χ1) is 8.90. The van der Waals surface area contributed by atoms with Crippen molar-refractivity contribution in [2.24, 2.45) is 0 Å². The Morgan fingerprint density at radius 3 is 2.37 bits per heavy atom. The van der Waals surface area contributed by atoms with Crippen LogP contribution in [-0.4, -0.2) is 29.6 Å². The number of rotatable bonds is 6. The Morgan fingerprint density at radius 2 is 1.89 bits per heavy atom. The summed E-state index contributed by atoms with van der Waals surface area (Å²) in [6, 6.07) is 6.32. The molecule has 19 heavy (non-hydrogen) atoms. The molecule has 1 aromatic carbocycles. The molecule has 1 unspecified atom stereocenters. The zero-order chi connectivity index (χ0) is 14.4. The Balaban J connectivity index is 2.56. The highest BCUT2D eigenvalue weighted by molar-refractivity contribution is 6.30. The highest BCUT2D eigenvalue weighted by atomic mass is 35.5. The quantitative estimate of drug-likeness (QED) is 0.741. The highest BCUT2D eigenvalue weighted by Crippen LogP contribution is 2.15. The molecule has 0 radical (unpaired) electrons. The van der Waals surface area contributed by atoms with Gasteiger partial charge in [0.15, 0.2) is 0 Å². The maximum atomic E-state index is 11.0. The monoisotopic (exact) mass is 284 g/mol. The summed E-state index contributed by atoms with van der Waals surface area (Å²) in [5, 5.41) is 15.1. The predicted molar refractivity (Wildman–Crippen MR) is 73.1 cm³/mol. The third-order valence-corrected chi connectivity index (χ3v) is 2.93. The first kappa shape index (κ1) is 15.5. The second kappa shape index (κ2) is 7.11. The number of carbonyl (C=O) groups excluding carboxylic acids is 1. The average molecular weight is 285 g/mol. The minimum atomic E-state index is -1.06. The van der Waals surface area contributed by atoms with Gasteiger partial charge in [-0.15, -0.1) is 0 Å². The summed E-state index contributed by atoms with van der Waals surface area (Å²) in [7, 11) is 0. The number of benzene rings is 1. The van der Waals surface area contributed by atoms with Crippen LogP contribution in [0.15, 0.2) is 24.3 Å². The number of carboxylic acids is 1. The van der Waals surface area contributed by atoms with E-state index in [0.29, 0.717) is 5.02 Å². The number of carboxylic acid groups (broad SMARTS) is 1. The Hall–Kier alpha value is -1.59. The second-order valence-electron chi connectivity index (χ2n) is 4.27. The Labute approximate surface area is 117 Å². The lowest BCUT2D eigenvalue weighted by Crippen LogP contribution is -2.46. The van der Waals surface area contributed by atoms with Crippen molar-refractivity contribution in [2.75, 3.05) is 6.54 Å². The second-order valence-corrected chi connectivity index (χ2v) is 4.71. The molecule has 0 aliphatic heterocycles. The van der Waals surface area contributed by atoms with Gasteiger partial charge >= 0.3 is 5.97 Å². The van der Waals surface area contributed by atoms with E-state index in [1.807, 2.05) is 19.1 Å². The third-order valence-electron chi connectivity index (χ3n) is 2.67. The molecule has 0 aliphatic rings. The van der Waals surface area contributed by atoms with Gasteiger partial charge < -0.3 is 15.7 Å². The van der Waals surface area contributed by atoms with Gasteiger partial charge in [0.2, 0.25) is 5.91 Å². The molecule has 0 aliphatic carbocycles. The largest absolute Gasteiger partial charge is 0.480 e. The van der Waals surface area contributed by atoms with Gasteiger partial charge in [0.1, 0.15) is 6.04 Å². The van der Waals surface area contributed by atoms with Crippen molar-refractivity contribution < 1.29 is 14.7 Å². The van der Waals surface area contributed by atoms with Crippen LogP contribution in [0.2, 0.25) is 5.02 Å². The third kappa shape index (κ3) is 5.28. The molecular weight excluding hydrogens is 268 g/mol. The molecule has 3 N–H and O–H groups in total. The molecule has 1 rings (SSSR count). The number of nitrogens with one attached hydrogen (secondary N) is 2. The molecule has 0 spiro atoms. The van der Waals surface area contributed by atoms with Gasteiger partial charge in [-0.25, -0.2) is 4.79 Å². The fraction of sp³-hybridized carbons (Fsp3) is 0.385. The SMILES string of the molecule is CC(=O)NC(CN[C@H](C)c1ccc(Cl)cc1)C(=O)O. The molecule has 5 nitrogen and oxygen atoms in total. The minimum Gasteiger partial charge on any atom is -0.480 e. The Kier molecular flexibility index (Phi) is 5.79. The molecule has 0 aromatic heterocycles. The summed E-state index contributed by atoms with van der Waals surface area (Å²) in [5.41, 5.74) is 0.997. The van der Waals surface area contributed by atoms with Crippen LogP contribution in [0.1, 0.15) is 25.5 Å². The summed E-state index contributed by atoms with van der Waals surface area (Å²) in [6.07, 6.45) is 0. The first-order valence-corrected chi connectivity index (χ1v) is 6.26.